The standard InChI is InChI=1S/C5H7Cl3O3/c1-10-2-4(9)11-3-5(6,7)8/h2-3H2,1H3. The van der Waals surface area contributed by atoms with Gasteiger partial charge < -0.3 is 9.47 Å². The maximum absolute atomic E-state index is 10.6. The number of ether oxygens (including phenoxy) is 2. The van der Waals surface area contributed by atoms with Crippen LogP contribution in [0.3, 0.4) is 0 Å². The Labute approximate surface area is 79.5 Å². The Morgan fingerprint density at radius 3 is 2.36 bits per heavy atom. The van der Waals surface area contributed by atoms with E-state index in [0.29, 0.717) is 0 Å². The second-order valence-electron chi connectivity index (χ2n) is 1.71. The van der Waals surface area contributed by atoms with E-state index in [1.54, 1.807) is 0 Å². The van der Waals surface area contributed by atoms with Crippen molar-refractivity contribution in [2.24, 2.45) is 0 Å². The minimum absolute atomic E-state index is 0.138. The van der Waals surface area contributed by atoms with Crippen molar-refractivity contribution < 1.29 is 14.3 Å². The van der Waals surface area contributed by atoms with Crippen LogP contribution >= 0.6 is 34.8 Å². The van der Waals surface area contributed by atoms with Crippen molar-refractivity contribution >= 4 is 40.8 Å². The van der Waals surface area contributed by atoms with Gasteiger partial charge in [-0.25, -0.2) is 4.79 Å². The summed E-state index contributed by atoms with van der Waals surface area (Å²) < 4.78 is 7.40. The molecule has 0 saturated carbocycles. The van der Waals surface area contributed by atoms with Crippen LogP contribution in [0.25, 0.3) is 0 Å². The van der Waals surface area contributed by atoms with E-state index in [-0.39, 0.29) is 13.2 Å². The lowest BCUT2D eigenvalue weighted by molar-refractivity contribution is -0.147. The lowest BCUT2D eigenvalue weighted by Gasteiger charge is -2.10. The smallest absolute Gasteiger partial charge is 0.332 e. The number of esters is 1. The lowest BCUT2D eigenvalue weighted by Crippen LogP contribution is -2.19. The Morgan fingerprint density at radius 2 is 2.00 bits per heavy atom. The van der Waals surface area contributed by atoms with Gasteiger partial charge in [0.25, 0.3) is 0 Å². The molecule has 0 spiro atoms. The average molecular weight is 221 g/mol. The third-order valence-electron chi connectivity index (χ3n) is 0.659. The molecule has 0 aromatic carbocycles. The summed E-state index contributed by atoms with van der Waals surface area (Å²) in [6.45, 7) is -0.402. The largest absolute Gasteiger partial charge is 0.459 e. The van der Waals surface area contributed by atoms with Gasteiger partial charge in [0.1, 0.15) is 13.2 Å². The molecule has 3 nitrogen and oxygen atoms in total. The van der Waals surface area contributed by atoms with Gasteiger partial charge in [0, 0.05) is 7.11 Å². The van der Waals surface area contributed by atoms with Crippen LogP contribution in [0.5, 0.6) is 0 Å². The molecular weight excluding hydrogens is 214 g/mol. The molecule has 0 aromatic rings. The van der Waals surface area contributed by atoms with Crippen LogP contribution in [0.15, 0.2) is 0 Å². The highest BCUT2D eigenvalue weighted by Gasteiger charge is 2.21. The number of carbonyl (C=O) groups is 1. The van der Waals surface area contributed by atoms with E-state index >= 15 is 0 Å². The molecule has 0 radical (unpaired) electrons. The van der Waals surface area contributed by atoms with Crippen molar-refractivity contribution in [3.63, 3.8) is 0 Å². The summed E-state index contributed by atoms with van der Waals surface area (Å²) in [4.78, 5) is 10.6. The minimum atomic E-state index is -1.55. The first kappa shape index (κ1) is 11.3. The van der Waals surface area contributed by atoms with Gasteiger partial charge >= 0.3 is 5.97 Å². The van der Waals surface area contributed by atoms with E-state index in [2.05, 4.69) is 9.47 Å². The third-order valence-corrected chi connectivity index (χ3v) is 0.986. The summed E-state index contributed by atoms with van der Waals surface area (Å²) in [5, 5.41) is 0. The van der Waals surface area contributed by atoms with Crippen LogP contribution in [0.4, 0.5) is 0 Å². The first-order valence-electron chi connectivity index (χ1n) is 2.67. The summed E-state index contributed by atoms with van der Waals surface area (Å²) in [6.07, 6.45) is 0. The van der Waals surface area contributed by atoms with Crippen LogP contribution in [0, 0.1) is 0 Å². The fraction of sp³-hybridized carbons (Fsp3) is 0.800. The highest BCUT2D eigenvalue weighted by molar-refractivity contribution is 6.67. The lowest BCUT2D eigenvalue weighted by atomic mass is 10.7. The summed E-state index contributed by atoms with van der Waals surface area (Å²) in [7, 11) is 1.37. The van der Waals surface area contributed by atoms with Crippen molar-refractivity contribution in [1.82, 2.24) is 0 Å². The second kappa shape index (κ2) is 5.04. The van der Waals surface area contributed by atoms with Gasteiger partial charge in [-0.3, -0.25) is 0 Å². The predicted octanol–water partition coefficient (Wildman–Crippen LogP) is 1.55. The topological polar surface area (TPSA) is 35.5 Å². The summed E-state index contributed by atoms with van der Waals surface area (Å²) in [5.41, 5.74) is 0. The van der Waals surface area contributed by atoms with Gasteiger partial charge in [0.2, 0.25) is 3.79 Å². The number of rotatable bonds is 3. The van der Waals surface area contributed by atoms with E-state index in [1.807, 2.05) is 0 Å². The van der Waals surface area contributed by atoms with E-state index in [0.717, 1.165) is 0 Å². The minimum Gasteiger partial charge on any atom is -0.459 e. The maximum Gasteiger partial charge on any atom is 0.332 e. The number of alkyl halides is 3. The van der Waals surface area contributed by atoms with Gasteiger partial charge in [-0.2, -0.15) is 0 Å². The third kappa shape index (κ3) is 8.20. The number of halogens is 3. The molecule has 0 bridgehead atoms. The molecule has 0 aromatic heterocycles. The number of carbonyl (C=O) groups excluding carboxylic acids is 1. The first-order chi connectivity index (χ1) is 4.95. The molecular formula is C5H7Cl3O3. The molecule has 0 aliphatic rings. The molecule has 11 heavy (non-hydrogen) atoms. The monoisotopic (exact) mass is 220 g/mol. The van der Waals surface area contributed by atoms with Gasteiger partial charge in [-0.1, -0.05) is 34.8 Å². The molecule has 0 N–H and O–H groups in total. The van der Waals surface area contributed by atoms with Crippen LogP contribution in [-0.4, -0.2) is 30.1 Å². The SMILES string of the molecule is COCC(=O)OCC(Cl)(Cl)Cl. The number of hydrogen-bond donors (Lipinski definition) is 0. The summed E-state index contributed by atoms with van der Waals surface area (Å²) in [6, 6.07) is 0. The molecule has 66 valence electrons. The van der Waals surface area contributed by atoms with Crippen LogP contribution < -0.4 is 0 Å². The van der Waals surface area contributed by atoms with Crippen molar-refractivity contribution in [3.8, 4) is 0 Å². The van der Waals surface area contributed by atoms with Crippen molar-refractivity contribution in [3.05, 3.63) is 0 Å². The molecule has 0 aliphatic carbocycles. The highest BCUT2D eigenvalue weighted by atomic mass is 35.6. The molecule has 0 fully saturated rings. The number of methoxy groups -OCH3 is 1. The summed E-state index contributed by atoms with van der Waals surface area (Å²) in [5.74, 6) is -0.557. The number of hydrogen-bond acceptors (Lipinski definition) is 3. The molecule has 0 rings (SSSR count). The molecule has 0 atom stereocenters. The predicted molar refractivity (Wildman–Crippen MR) is 43.1 cm³/mol. The Bertz CT molecular complexity index is 131. The fourth-order valence-electron chi connectivity index (χ4n) is 0.322. The Hall–Kier alpha value is 0.300. The Morgan fingerprint density at radius 1 is 1.45 bits per heavy atom. The second-order valence-corrected chi connectivity index (χ2v) is 4.22. The zero-order valence-corrected chi connectivity index (χ0v) is 8.04. The van der Waals surface area contributed by atoms with Crippen molar-refractivity contribution in [1.29, 1.82) is 0 Å². The van der Waals surface area contributed by atoms with Gasteiger partial charge in [-0.15, -0.1) is 0 Å². The molecule has 0 heterocycles. The summed E-state index contributed by atoms with van der Waals surface area (Å²) >= 11 is 15.9. The molecule has 6 heteroatoms. The highest BCUT2D eigenvalue weighted by Crippen LogP contribution is 2.25. The Balaban J connectivity index is 3.46. The average Bonchev–Trinajstić information content (AvgIpc) is 1.83. The maximum atomic E-state index is 10.6. The van der Waals surface area contributed by atoms with Crippen molar-refractivity contribution in [2.45, 2.75) is 3.79 Å². The zero-order chi connectivity index (χ0) is 8.91. The van der Waals surface area contributed by atoms with Crippen molar-refractivity contribution in [2.75, 3.05) is 20.3 Å². The molecule has 0 unspecified atom stereocenters. The van der Waals surface area contributed by atoms with Crippen LogP contribution in [0.1, 0.15) is 0 Å². The molecule has 0 saturated heterocycles. The van der Waals surface area contributed by atoms with Gasteiger partial charge in [0.05, 0.1) is 0 Å². The van der Waals surface area contributed by atoms with Crippen LogP contribution in [0.2, 0.25) is 0 Å². The van der Waals surface area contributed by atoms with E-state index in [1.165, 1.54) is 7.11 Å². The first-order valence-corrected chi connectivity index (χ1v) is 3.80. The molecule has 0 aliphatic heterocycles. The van der Waals surface area contributed by atoms with Crippen LogP contribution in [-0.2, 0) is 14.3 Å². The molecule has 0 amide bonds. The van der Waals surface area contributed by atoms with E-state index < -0.39 is 9.76 Å². The van der Waals surface area contributed by atoms with E-state index in [9.17, 15) is 4.79 Å². The van der Waals surface area contributed by atoms with Gasteiger partial charge in [-0.05, 0) is 0 Å². The quantitative estimate of drug-likeness (QED) is 0.536. The van der Waals surface area contributed by atoms with Gasteiger partial charge in [0.15, 0.2) is 0 Å². The fourth-order valence-corrected chi connectivity index (χ4v) is 0.486. The normalized spacial score (nSPS) is 11.3. The zero-order valence-electron chi connectivity index (χ0n) is 5.77. The van der Waals surface area contributed by atoms with E-state index in [4.69, 9.17) is 34.8 Å². The Kier molecular flexibility index (Phi) is 5.17.